The number of nitrogens with one attached hydrogen (secondary N) is 1. The third-order valence-corrected chi connectivity index (χ3v) is 4.16. The van der Waals surface area contributed by atoms with Gasteiger partial charge in [0, 0.05) is 18.0 Å². The summed E-state index contributed by atoms with van der Waals surface area (Å²) in [6, 6.07) is 11.3. The Morgan fingerprint density at radius 2 is 2.08 bits per heavy atom. The molecule has 134 valence electrons. The van der Waals surface area contributed by atoms with Crippen molar-refractivity contribution >= 4 is 17.7 Å². The van der Waals surface area contributed by atoms with E-state index in [0.29, 0.717) is 24.3 Å². The third kappa shape index (κ3) is 5.32. The summed E-state index contributed by atoms with van der Waals surface area (Å²) in [5.41, 5.74) is 1.92. The van der Waals surface area contributed by atoms with Gasteiger partial charge in [0.2, 0.25) is 11.8 Å². The first-order chi connectivity index (χ1) is 12.7. The average Bonchev–Trinajstić information content (AvgIpc) is 3.13. The first-order valence-corrected chi connectivity index (χ1v) is 9.02. The number of hydrogen-bond donors (Lipinski definition) is 1. The van der Waals surface area contributed by atoms with Crippen LogP contribution in [0.1, 0.15) is 5.56 Å². The minimum absolute atomic E-state index is 0.119. The van der Waals surface area contributed by atoms with Crippen LogP contribution in [0.3, 0.4) is 0 Å². The van der Waals surface area contributed by atoms with Crippen LogP contribution < -0.4 is 10.1 Å². The lowest BCUT2D eigenvalue weighted by atomic mass is 10.2. The van der Waals surface area contributed by atoms with E-state index in [1.165, 1.54) is 11.8 Å². The second-order valence-electron chi connectivity index (χ2n) is 5.41. The minimum Gasteiger partial charge on any atom is -0.492 e. The molecule has 26 heavy (non-hydrogen) atoms. The number of hydrogen-bond acceptors (Lipinski definition) is 7. The molecule has 2 heterocycles. The van der Waals surface area contributed by atoms with E-state index in [2.05, 4.69) is 20.5 Å². The molecule has 3 rings (SSSR count). The number of amides is 1. The number of pyridine rings is 1. The third-order valence-electron chi connectivity index (χ3n) is 3.34. The maximum Gasteiger partial charge on any atom is 0.277 e. The molecule has 0 spiro atoms. The highest BCUT2D eigenvalue weighted by atomic mass is 32.2. The predicted molar refractivity (Wildman–Crippen MR) is 97.9 cm³/mol. The van der Waals surface area contributed by atoms with Crippen LogP contribution in [0.25, 0.3) is 11.5 Å². The van der Waals surface area contributed by atoms with Crippen molar-refractivity contribution in [1.29, 1.82) is 0 Å². The Morgan fingerprint density at radius 1 is 1.23 bits per heavy atom. The van der Waals surface area contributed by atoms with E-state index in [0.717, 1.165) is 16.9 Å². The van der Waals surface area contributed by atoms with Crippen molar-refractivity contribution in [2.24, 2.45) is 0 Å². The first-order valence-electron chi connectivity index (χ1n) is 8.03. The summed E-state index contributed by atoms with van der Waals surface area (Å²) >= 11 is 1.19. The van der Waals surface area contributed by atoms with Crippen LogP contribution in [0.15, 0.2) is 58.4 Å². The summed E-state index contributed by atoms with van der Waals surface area (Å²) in [4.78, 5) is 15.8. The molecule has 0 aliphatic heterocycles. The van der Waals surface area contributed by atoms with Gasteiger partial charge < -0.3 is 14.5 Å². The van der Waals surface area contributed by atoms with Crippen molar-refractivity contribution in [2.75, 3.05) is 18.9 Å². The van der Waals surface area contributed by atoms with E-state index < -0.39 is 0 Å². The largest absolute Gasteiger partial charge is 0.492 e. The Morgan fingerprint density at radius 3 is 2.88 bits per heavy atom. The second-order valence-corrected chi connectivity index (χ2v) is 6.34. The van der Waals surface area contributed by atoms with Gasteiger partial charge in [-0.1, -0.05) is 23.9 Å². The molecule has 0 bridgehead atoms. The summed E-state index contributed by atoms with van der Waals surface area (Å²) in [6.45, 7) is 2.84. The van der Waals surface area contributed by atoms with Crippen molar-refractivity contribution in [1.82, 2.24) is 20.5 Å². The van der Waals surface area contributed by atoms with Crippen LogP contribution in [0.4, 0.5) is 0 Å². The van der Waals surface area contributed by atoms with Gasteiger partial charge >= 0.3 is 0 Å². The normalized spacial score (nSPS) is 10.5. The first kappa shape index (κ1) is 17.9. The maximum absolute atomic E-state index is 11.9. The van der Waals surface area contributed by atoms with E-state index in [4.69, 9.17) is 9.15 Å². The molecule has 0 fully saturated rings. The Hall–Kier alpha value is -2.87. The quantitative estimate of drug-likeness (QED) is 0.481. The Kier molecular flexibility index (Phi) is 6.21. The van der Waals surface area contributed by atoms with Crippen LogP contribution in [-0.4, -0.2) is 40.0 Å². The average molecular weight is 370 g/mol. The smallest absolute Gasteiger partial charge is 0.277 e. The lowest BCUT2D eigenvalue weighted by Crippen LogP contribution is -2.29. The van der Waals surface area contributed by atoms with Crippen LogP contribution in [-0.2, 0) is 4.79 Å². The number of thioether (sulfide) groups is 1. The standard InChI is InChI=1S/C18H18N4O3S/c1-13-3-2-4-15(11-13)24-10-9-20-16(23)12-26-18-22-21-17(25-18)14-5-7-19-8-6-14/h2-8,11H,9-10,12H2,1H3,(H,20,23). The molecular formula is C18H18N4O3S. The molecule has 0 aliphatic carbocycles. The van der Waals surface area contributed by atoms with Crippen molar-refractivity contribution in [3.63, 3.8) is 0 Å². The van der Waals surface area contributed by atoms with E-state index in [9.17, 15) is 4.79 Å². The predicted octanol–water partition coefficient (Wildman–Crippen LogP) is 2.73. The molecule has 0 unspecified atom stereocenters. The van der Waals surface area contributed by atoms with Gasteiger partial charge in [-0.3, -0.25) is 9.78 Å². The molecule has 2 aromatic heterocycles. The monoisotopic (exact) mass is 370 g/mol. The highest BCUT2D eigenvalue weighted by molar-refractivity contribution is 7.99. The topological polar surface area (TPSA) is 90.1 Å². The van der Waals surface area contributed by atoms with Crippen molar-refractivity contribution < 1.29 is 13.9 Å². The number of carbonyl (C=O) groups is 1. The zero-order chi connectivity index (χ0) is 18.2. The van der Waals surface area contributed by atoms with Crippen molar-refractivity contribution in [2.45, 2.75) is 12.1 Å². The number of benzene rings is 1. The second kappa shape index (κ2) is 9.00. The van der Waals surface area contributed by atoms with Crippen LogP contribution >= 0.6 is 11.8 Å². The highest BCUT2D eigenvalue weighted by Crippen LogP contribution is 2.22. The van der Waals surface area contributed by atoms with Gasteiger partial charge in [0.25, 0.3) is 5.22 Å². The van der Waals surface area contributed by atoms with Crippen LogP contribution in [0.5, 0.6) is 5.75 Å². The molecular weight excluding hydrogens is 352 g/mol. The molecule has 7 nitrogen and oxygen atoms in total. The summed E-state index contributed by atoms with van der Waals surface area (Å²) in [5.74, 6) is 1.28. The van der Waals surface area contributed by atoms with Gasteiger partial charge in [0.1, 0.15) is 12.4 Å². The molecule has 8 heteroatoms. The van der Waals surface area contributed by atoms with E-state index >= 15 is 0 Å². The molecule has 1 amide bonds. The number of ether oxygens (including phenoxy) is 1. The zero-order valence-electron chi connectivity index (χ0n) is 14.2. The minimum atomic E-state index is -0.119. The molecule has 0 aliphatic rings. The Bertz CT molecular complexity index is 854. The number of rotatable bonds is 8. The van der Waals surface area contributed by atoms with Crippen molar-refractivity contribution in [3.05, 3.63) is 54.4 Å². The number of carbonyl (C=O) groups excluding carboxylic acids is 1. The molecule has 1 aromatic carbocycles. The highest BCUT2D eigenvalue weighted by Gasteiger charge is 2.10. The van der Waals surface area contributed by atoms with Gasteiger partial charge in [-0.2, -0.15) is 0 Å². The SMILES string of the molecule is Cc1cccc(OCCNC(=O)CSc2nnc(-c3ccncc3)o2)c1. The number of aryl methyl sites for hydroxylation is 1. The Labute approximate surface area is 155 Å². The summed E-state index contributed by atoms with van der Waals surface area (Å²) < 4.78 is 11.1. The number of aromatic nitrogens is 3. The van der Waals surface area contributed by atoms with E-state index in [-0.39, 0.29) is 11.7 Å². The zero-order valence-corrected chi connectivity index (χ0v) is 15.0. The van der Waals surface area contributed by atoms with Gasteiger partial charge in [0.15, 0.2) is 0 Å². The summed E-state index contributed by atoms with van der Waals surface area (Å²) in [6.07, 6.45) is 3.30. The van der Waals surface area contributed by atoms with E-state index in [1.807, 2.05) is 31.2 Å². The fourth-order valence-electron chi connectivity index (χ4n) is 2.12. The summed E-state index contributed by atoms with van der Waals surface area (Å²) in [7, 11) is 0. The molecule has 0 radical (unpaired) electrons. The van der Waals surface area contributed by atoms with Gasteiger partial charge in [0.05, 0.1) is 12.3 Å². The van der Waals surface area contributed by atoms with Crippen molar-refractivity contribution in [3.8, 4) is 17.2 Å². The number of nitrogens with zero attached hydrogens (tertiary/aromatic N) is 3. The molecule has 0 saturated heterocycles. The maximum atomic E-state index is 11.9. The lowest BCUT2D eigenvalue weighted by Gasteiger charge is -2.07. The van der Waals surface area contributed by atoms with Gasteiger partial charge in [-0.15, -0.1) is 10.2 Å². The fraction of sp³-hybridized carbons (Fsp3) is 0.222. The summed E-state index contributed by atoms with van der Waals surface area (Å²) in [5, 5.41) is 11.0. The Balaban J connectivity index is 1.37. The molecule has 3 aromatic rings. The molecule has 0 atom stereocenters. The van der Waals surface area contributed by atoms with Crippen LogP contribution in [0.2, 0.25) is 0 Å². The van der Waals surface area contributed by atoms with E-state index in [1.54, 1.807) is 24.5 Å². The fourth-order valence-corrected chi connectivity index (χ4v) is 2.72. The van der Waals surface area contributed by atoms with Gasteiger partial charge in [-0.25, -0.2) is 0 Å². The lowest BCUT2D eigenvalue weighted by molar-refractivity contribution is -0.118. The molecule has 1 N–H and O–H groups in total. The molecule has 0 saturated carbocycles. The van der Waals surface area contributed by atoms with Crippen LogP contribution in [0, 0.1) is 6.92 Å². The van der Waals surface area contributed by atoms with Gasteiger partial charge in [-0.05, 0) is 36.8 Å².